The number of benzene rings is 1. The van der Waals surface area contributed by atoms with Crippen molar-refractivity contribution in [2.45, 2.75) is 29.9 Å². The Morgan fingerprint density at radius 3 is 2.59 bits per heavy atom. The number of likely N-dealkylation sites (N-methyl/N-ethyl adjacent to an activating group) is 1. The summed E-state index contributed by atoms with van der Waals surface area (Å²) in [5, 5.41) is 0. The van der Waals surface area contributed by atoms with E-state index in [4.69, 9.17) is 4.74 Å². The molecule has 0 unspecified atom stereocenters. The predicted octanol–water partition coefficient (Wildman–Crippen LogP) is 1.46. The van der Waals surface area contributed by atoms with Crippen LogP contribution in [-0.4, -0.2) is 80.0 Å². The lowest BCUT2D eigenvalue weighted by atomic mass is 10.1. The van der Waals surface area contributed by atoms with Crippen molar-refractivity contribution in [1.29, 1.82) is 0 Å². The van der Waals surface area contributed by atoms with Gasteiger partial charge >= 0.3 is 0 Å². The van der Waals surface area contributed by atoms with Crippen LogP contribution in [0.2, 0.25) is 0 Å². The van der Waals surface area contributed by atoms with Gasteiger partial charge in [-0.1, -0.05) is 12.1 Å². The number of aromatic nitrogens is 2. The molecule has 0 aliphatic carbocycles. The standard InChI is InChI=1S/C20H27N5O3S/c1-23(2)14-15-25-16-8-12-24(20-21-10-5-11-22-20)13-9-17(16)28-18-6-3-4-7-19(18)29(25,26)27/h3-7,10-11,16-17H,8-9,12-15H2,1-2H3/t16-,17-/m0/s1. The van der Waals surface area contributed by atoms with E-state index in [0.717, 1.165) is 6.54 Å². The van der Waals surface area contributed by atoms with Crippen molar-refractivity contribution in [2.75, 3.05) is 45.2 Å². The van der Waals surface area contributed by atoms with Crippen molar-refractivity contribution in [2.24, 2.45) is 0 Å². The van der Waals surface area contributed by atoms with Crippen LogP contribution < -0.4 is 9.64 Å². The van der Waals surface area contributed by atoms with Crippen molar-refractivity contribution >= 4 is 16.0 Å². The van der Waals surface area contributed by atoms with E-state index in [-0.39, 0.29) is 17.0 Å². The monoisotopic (exact) mass is 417 g/mol. The molecule has 29 heavy (non-hydrogen) atoms. The maximum atomic E-state index is 13.5. The number of fused-ring (bicyclic) bond motifs is 2. The van der Waals surface area contributed by atoms with Crippen LogP contribution in [0.15, 0.2) is 47.6 Å². The summed E-state index contributed by atoms with van der Waals surface area (Å²) < 4.78 is 35.0. The molecule has 4 rings (SSSR count). The highest BCUT2D eigenvalue weighted by molar-refractivity contribution is 7.89. The van der Waals surface area contributed by atoms with E-state index in [0.29, 0.717) is 44.2 Å². The first-order valence-corrected chi connectivity index (χ1v) is 11.3. The minimum atomic E-state index is -3.65. The zero-order valence-electron chi connectivity index (χ0n) is 16.8. The zero-order chi connectivity index (χ0) is 20.4. The quantitative estimate of drug-likeness (QED) is 0.745. The van der Waals surface area contributed by atoms with Crippen LogP contribution >= 0.6 is 0 Å². The van der Waals surface area contributed by atoms with Crippen molar-refractivity contribution in [3.63, 3.8) is 0 Å². The first kappa shape index (κ1) is 20.1. The molecule has 1 fully saturated rings. The average Bonchev–Trinajstić information content (AvgIpc) is 2.96. The number of nitrogens with zero attached hydrogens (tertiary/aromatic N) is 5. The Hall–Kier alpha value is -2.23. The van der Waals surface area contributed by atoms with Crippen LogP contribution in [0, 0.1) is 0 Å². The van der Waals surface area contributed by atoms with Gasteiger partial charge in [0.15, 0.2) is 0 Å². The van der Waals surface area contributed by atoms with E-state index < -0.39 is 10.0 Å². The predicted molar refractivity (Wildman–Crippen MR) is 111 cm³/mol. The van der Waals surface area contributed by atoms with Gasteiger partial charge in [0, 0.05) is 45.0 Å². The third kappa shape index (κ3) is 4.08. The SMILES string of the molecule is CN(C)CCN1[C@H]2CCN(c3ncccn3)CC[C@@H]2Oc2ccccc2S1(=O)=O. The van der Waals surface area contributed by atoms with E-state index in [9.17, 15) is 8.42 Å². The Labute approximate surface area is 172 Å². The topological polar surface area (TPSA) is 78.9 Å². The van der Waals surface area contributed by atoms with Crippen LogP contribution in [0.25, 0.3) is 0 Å². The summed E-state index contributed by atoms with van der Waals surface area (Å²) in [6, 6.07) is 8.52. The summed E-state index contributed by atoms with van der Waals surface area (Å²) in [6.45, 7) is 2.47. The molecule has 1 saturated heterocycles. The number of anilines is 1. The largest absolute Gasteiger partial charge is 0.487 e. The highest BCUT2D eigenvalue weighted by atomic mass is 32.2. The minimum absolute atomic E-state index is 0.218. The lowest BCUT2D eigenvalue weighted by molar-refractivity contribution is 0.110. The third-order valence-corrected chi connectivity index (χ3v) is 7.46. The highest BCUT2D eigenvalue weighted by Gasteiger charge is 2.43. The van der Waals surface area contributed by atoms with E-state index in [1.807, 2.05) is 25.1 Å². The molecular weight excluding hydrogens is 390 g/mol. The van der Waals surface area contributed by atoms with Gasteiger partial charge in [-0.3, -0.25) is 0 Å². The number of para-hydroxylation sites is 1. The van der Waals surface area contributed by atoms with Crippen LogP contribution in [0.1, 0.15) is 12.8 Å². The molecule has 2 aliphatic heterocycles. The molecule has 2 aliphatic rings. The fraction of sp³-hybridized carbons (Fsp3) is 0.500. The number of hydrogen-bond acceptors (Lipinski definition) is 7. The van der Waals surface area contributed by atoms with E-state index in [2.05, 4.69) is 14.9 Å². The molecule has 1 aromatic carbocycles. The van der Waals surface area contributed by atoms with Crippen molar-refractivity contribution in [3.8, 4) is 5.75 Å². The molecule has 0 radical (unpaired) electrons. The summed E-state index contributed by atoms with van der Waals surface area (Å²) in [5.41, 5.74) is 0. The molecule has 2 atom stereocenters. The second-order valence-electron chi connectivity index (χ2n) is 7.70. The number of hydrogen-bond donors (Lipinski definition) is 0. The van der Waals surface area contributed by atoms with Crippen LogP contribution in [-0.2, 0) is 10.0 Å². The smallest absolute Gasteiger partial charge is 0.247 e. The van der Waals surface area contributed by atoms with E-state index in [1.54, 1.807) is 41.0 Å². The molecule has 8 nitrogen and oxygen atoms in total. The first-order valence-electron chi connectivity index (χ1n) is 9.91. The molecule has 0 N–H and O–H groups in total. The Morgan fingerprint density at radius 2 is 1.83 bits per heavy atom. The van der Waals surface area contributed by atoms with Crippen LogP contribution in [0.4, 0.5) is 5.95 Å². The maximum Gasteiger partial charge on any atom is 0.247 e. The number of rotatable bonds is 4. The van der Waals surface area contributed by atoms with Gasteiger partial charge in [0.05, 0.1) is 6.04 Å². The molecule has 3 heterocycles. The Bertz CT molecular complexity index is 938. The summed E-state index contributed by atoms with van der Waals surface area (Å²) in [4.78, 5) is 13.1. The van der Waals surface area contributed by atoms with Crippen molar-refractivity contribution in [3.05, 3.63) is 42.7 Å². The second-order valence-corrected chi connectivity index (χ2v) is 9.56. The maximum absolute atomic E-state index is 13.5. The van der Waals surface area contributed by atoms with Crippen LogP contribution in [0.3, 0.4) is 0 Å². The molecule has 1 aromatic heterocycles. The molecule has 2 aromatic rings. The summed E-state index contributed by atoms with van der Waals surface area (Å²) >= 11 is 0. The van der Waals surface area contributed by atoms with Gasteiger partial charge in [0.2, 0.25) is 16.0 Å². The highest BCUT2D eigenvalue weighted by Crippen LogP contribution is 2.36. The van der Waals surface area contributed by atoms with Gasteiger partial charge in [0.1, 0.15) is 16.7 Å². The molecule has 0 amide bonds. The Balaban J connectivity index is 1.69. The fourth-order valence-corrected chi connectivity index (χ4v) is 5.79. The third-order valence-electron chi connectivity index (χ3n) is 5.49. The van der Waals surface area contributed by atoms with Gasteiger partial charge in [-0.25, -0.2) is 18.4 Å². The second kappa shape index (κ2) is 8.25. The van der Waals surface area contributed by atoms with Gasteiger partial charge in [-0.05, 0) is 38.7 Å². The number of ether oxygens (including phenoxy) is 1. The fourth-order valence-electron chi connectivity index (χ4n) is 4.00. The Kier molecular flexibility index (Phi) is 5.71. The van der Waals surface area contributed by atoms with Crippen molar-refractivity contribution in [1.82, 2.24) is 19.2 Å². The van der Waals surface area contributed by atoms with Crippen LogP contribution in [0.5, 0.6) is 5.75 Å². The lowest BCUT2D eigenvalue weighted by Crippen LogP contribution is -2.49. The molecule has 0 bridgehead atoms. The van der Waals surface area contributed by atoms with E-state index in [1.165, 1.54) is 0 Å². The van der Waals surface area contributed by atoms with Gasteiger partial charge in [-0.2, -0.15) is 4.31 Å². The molecule has 0 spiro atoms. The summed E-state index contributed by atoms with van der Waals surface area (Å²) in [7, 11) is 0.253. The first-order chi connectivity index (χ1) is 14.0. The van der Waals surface area contributed by atoms with Gasteiger partial charge in [0.25, 0.3) is 0 Å². The minimum Gasteiger partial charge on any atom is -0.487 e. The normalized spacial score (nSPS) is 24.2. The number of sulfonamides is 1. The zero-order valence-corrected chi connectivity index (χ0v) is 17.6. The summed E-state index contributed by atoms with van der Waals surface area (Å²) in [5.74, 6) is 1.12. The Morgan fingerprint density at radius 1 is 1.10 bits per heavy atom. The average molecular weight is 418 g/mol. The molecule has 0 saturated carbocycles. The van der Waals surface area contributed by atoms with Gasteiger partial charge < -0.3 is 14.5 Å². The summed E-state index contributed by atoms with van der Waals surface area (Å²) in [6.07, 6.45) is 4.59. The molecule has 156 valence electrons. The lowest BCUT2D eigenvalue weighted by Gasteiger charge is -2.32. The molecular formula is C20H27N5O3S. The van der Waals surface area contributed by atoms with Gasteiger partial charge in [-0.15, -0.1) is 0 Å². The van der Waals surface area contributed by atoms with Crippen molar-refractivity contribution < 1.29 is 13.2 Å². The molecule has 9 heteroatoms. The van der Waals surface area contributed by atoms with E-state index >= 15 is 0 Å².